The Morgan fingerprint density at radius 3 is 2.40 bits per heavy atom. The molecule has 4 rings (SSSR count). The molecule has 0 saturated carbocycles. The number of hydrogen-bond acceptors (Lipinski definition) is 8. The van der Waals surface area contributed by atoms with Crippen LogP contribution in [0.3, 0.4) is 0 Å². The number of rotatable bonds is 12. The first-order valence-electron chi connectivity index (χ1n) is 16.3. The molecule has 3 atom stereocenters. The third-order valence-electron chi connectivity index (χ3n) is 8.76. The number of amides is 3. The number of ketones is 1. The third kappa shape index (κ3) is 9.36. The number of fused-ring (bicyclic) bond motifs is 1. The summed E-state index contributed by atoms with van der Waals surface area (Å²) in [6, 6.07) is 6.49. The van der Waals surface area contributed by atoms with E-state index in [1.54, 1.807) is 33.8 Å². The van der Waals surface area contributed by atoms with Gasteiger partial charge in [-0.1, -0.05) is 24.3 Å². The van der Waals surface area contributed by atoms with Crippen molar-refractivity contribution in [3.05, 3.63) is 64.7 Å². The molecule has 3 amide bonds. The zero-order valence-electron chi connectivity index (χ0n) is 28.3. The monoisotopic (exact) mass is 671 g/mol. The van der Waals surface area contributed by atoms with E-state index < -0.39 is 59.0 Å². The molecule has 2 aromatic rings. The topological polar surface area (TPSA) is 143 Å². The lowest BCUT2D eigenvalue weighted by molar-refractivity contribution is -0.127. The minimum Gasteiger partial charge on any atom is -0.444 e. The number of nitrogens with one attached hydrogen (secondary N) is 2. The number of nitrogens with two attached hydrogens (primary N) is 1. The van der Waals surface area contributed by atoms with E-state index in [1.807, 2.05) is 17.0 Å². The van der Waals surface area contributed by atoms with Crippen molar-refractivity contribution in [3.63, 3.8) is 0 Å². The predicted octanol–water partition coefficient (Wildman–Crippen LogP) is 4.09. The molecular weight excluding hydrogens is 624 g/mol. The largest absolute Gasteiger partial charge is 0.444 e. The first-order valence-corrected chi connectivity index (χ1v) is 16.3. The highest BCUT2D eigenvalue weighted by Crippen LogP contribution is 2.37. The minimum absolute atomic E-state index is 0.0115. The zero-order chi connectivity index (χ0) is 35.2. The van der Waals surface area contributed by atoms with Crippen molar-refractivity contribution in [2.45, 2.75) is 83.6 Å². The Hall–Kier alpha value is -3.94. The molecule has 0 unspecified atom stereocenters. The van der Waals surface area contributed by atoms with Crippen LogP contribution in [0.15, 0.2) is 36.4 Å². The van der Waals surface area contributed by atoms with Gasteiger partial charge in [0.1, 0.15) is 40.8 Å². The number of halogens is 2. The summed E-state index contributed by atoms with van der Waals surface area (Å²) in [6.07, 6.45) is 1.03. The number of carbonyl (C=O) groups excluding carboxylic acids is 4. The summed E-state index contributed by atoms with van der Waals surface area (Å²) >= 11 is 0. The fourth-order valence-corrected chi connectivity index (χ4v) is 6.08. The van der Waals surface area contributed by atoms with Crippen molar-refractivity contribution in [1.29, 1.82) is 0 Å². The predicted molar refractivity (Wildman–Crippen MR) is 176 cm³/mol. The van der Waals surface area contributed by atoms with Crippen LogP contribution < -0.4 is 16.4 Å². The Morgan fingerprint density at radius 2 is 1.77 bits per heavy atom. The molecule has 2 aliphatic heterocycles. The van der Waals surface area contributed by atoms with Crippen LogP contribution in [0, 0.1) is 17.6 Å². The van der Waals surface area contributed by atoms with Gasteiger partial charge < -0.3 is 25.8 Å². The van der Waals surface area contributed by atoms with Crippen LogP contribution in [0.1, 0.15) is 69.7 Å². The second-order valence-electron chi connectivity index (χ2n) is 13.5. The van der Waals surface area contributed by atoms with E-state index in [0.717, 1.165) is 17.7 Å². The summed E-state index contributed by atoms with van der Waals surface area (Å²) in [6.45, 7) is 8.59. The Bertz CT molecular complexity index is 1470. The standard InChI is InChI=1S/C35H47F2N5O6/c1-21(41(5)34(46)48-35(2,3)4)32(44)39-29(23-12-15-47-16-13-23)20-42-19-24-10-9-22(17-25(43)11-14-38)18-26(24)31(42)33(45)40-30-27(36)7-6-8-28(30)37/h6-10,18,21,23,29,31H,11-17,19-20,38H2,1-5H3,(H,39,44)(H,40,45)/t21-,29+,31-/m0/s1. The molecule has 11 nitrogen and oxygen atoms in total. The molecule has 1 fully saturated rings. The number of nitrogens with zero attached hydrogens (tertiary/aromatic N) is 2. The maximum absolute atomic E-state index is 14.6. The summed E-state index contributed by atoms with van der Waals surface area (Å²) in [5.41, 5.74) is 6.38. The molecule has 48 heavy (non-hydrogen) atoms. The molecular formula is C35H47F2N5O6. The summed E-state index contributed by atoms with van der Waals surface area (Å²) < 4.78 is 40.3. The van der Waals surface area contributed by atoms with Crippen LogP contribution in [0.5, 0.6) is 0 Å². The van der Waals surface area contributed by atoms with Gasteiger partial charge in [0.25, 0.3) is 0 Å². The first-order chi connectivity index (χ1) is 22.7. The van der Waals surface area contributed by atoms with E-state index in [0.29, 0.717) is 43.7 Å². The third-order valence-corrected chi connectivity index (χ3v) is 8.76. The lowest BCUT2D eigenvalue weighted by atomic mass is 9.90. The lowest BCUT2D eigenvalue weighted by Crippen LogP contribution is -2.55. The highest BCUT2D eigenvalue weighted by atomic mass is 19.1. The second kappa shape index (κ2) is 16.0. The van der Waals surface area contributed by atoms with Crippen LogP contribution in [0.25, 0.3) is 0 Å². The van der Waals surface area contributed by atoms with Gasteiger partial charge in [-0.15, -0.1) is 0 Å². The van der Waals surface area contributed by atoms with E-state index in [9.17, 15) is 28.0 Å². The van der Waals surface area contributed by atoms with Crippen molar-refractivity contribution in [2.24, 2.45) is 11.7 Å². The van der Waals surface area contributed by atoms with Crippen LogP contribution >= 0.6 is 0 Å². The maximum atomic E-state index is 14.6. The maximum Gasteiger partial charge on any atom is 0.410 e. The zero-order valence-corrected chi connectivity index (χ0v) is 28.3. The molecule has 4 N–H and O–H groups in total. The number of para-hydroxylation sites is 1. The van der Waals surface area contributed by atoms with Crippen molar-refractivity contribution < 1.29 is 37.4 Å². The van der Waals surface area contributed by atoms with Crippen LogP contribution in [0.2, 0.25) is 0 Å². The van der Waals surface area contributed by atoms with Gasteiger partial charge in [-0.2, -0.15) is 0 Å². The van der Waals surface area contributed by atoms with Gasteiger partial charge in [0, 0.05) is 52.2 Å². The van der Waals surface area contributed by atoms with Gasteiger partial charge in [-0.05, 0) is 81.8 Å². The molecule has 262 valence electrons. The van der Waals surface area contributed by atoms with Crippen molar-refractivity contribution >= 4 is 29.4 Å². The molecule has 2 aliphatic rings. The number of Topliss-reactive ketones (excluding diaryl/α,β-unsaturated/α-hetero) is 1. The Labute approximate surface area is 280 Å². The molecule has 0 aliphatic carbocycles. The fourth-order valence-electron chi connectivity index (χ4n) is 6.08. The van der Waals surface area contributed by atoms with Gasteiger partial charge in [0.2, 0.25) is 11.8 Å². The quantitative estimate of drug-likeness (QED) is 0.306. The summed E-state index contributed by atoms with van der Waals surface area (Å²) in [5.74, 6) is -2.93. The molecule has 0 radical (unpaired) electrons. The highest BCUT2D eigenvalue weighted by molar-refractivity contribution is 5.96. The number of likely N-dealkylation sites (N-methyl/N-ethyl adjacent to an activating group) is 1. The van der Waals surface area contributed by atoms with Gasteiger partial charge in [0.05, 0.1) is 0 Å². The van der Waals surface area contributed by atoms with Gasteiger partial charge >= 0.3 is 6.09 Å². The summed E-state index contributed by atoms with van der Waals surface area (Å²) in [5, 5.41) is 5.57. The van der Waals surface area contributed by atoms with Gasteiger partial charge in [-0.3, -0.25) is 24.2 Å². The molecule has 0 bridgehead atoms. The van der Waals surface area contributed by atoms with Gasteiger partial charge in [-0.25, -0.2) is 13.6 Å². The average molecular weight is 672 g/mol. The number of ether oxygens (including phenoxy) is 2. The normalized spacial score (nSPS) is 18.0. The van der Waals surface area contributed by atoms with Gasteiger partial charge in [0.15, 0.2) is 0 Å². The molecule has 2 aromatic carbocycles. The van der Waals surface area contributed by atoms with Crippen LogP contribution in [-0.2, 0) is 36.8 Å². The van der Waals surface area contributed by atoms with Crippen LogP contribution in [-0.4, -0.2) is 84.5 Å². The fraction of sp³-hybridized carbons (Fsp3) is 0.543. The van der Waals surface area contributed by atoms with E-state index in [1.165, 1.54) is 18.0 Å². The first kappa shape index (κ1) is 36.9. The Balaban J connectivity index is 1.63. The molecule has 13 heteroatoms. The highest BCUT2D eigenvalue weighted by Gasteiger charge is 2.40. The molecule has 1 saturated heterocycles. The Kier molecular flexibility index (Phi) is 12.3. The lowest BCUT2D eigenvalue weighted by Gasteiger charge is -2.36. The average Bonchev–Trinajstić information content (AvgIpc) is 3.38. The molecule has 2 heterocycles. The molecule has 0 aromatic heterocycles. The van der Waals surface area contributed by atoms with E-state index in [-0.39, 0.29) is 37.6 Å². The number of hydrogen-bond donors (Lipinski definition) is 3. The Morgan fingerprint density at radius 1 is 1.10 bits per heavy atom. The van der Waals surface area contributed by atoms with Crippen molar-refractivity contribution in [2.75, 3.05) is 38.7 Å². The summed E-state index contributed by atoms with van der Waals surface area (Å²) in [7, 11) is 1.50. The van der Waals surface area contributed by atoms with E-state index >= 15 is 0 Å². The smallest absolute Gasteiger partial charge is 0.410 e. The van der Waals surface area contributed by atoms with Crippen LogP contribution in [0.4, 0.5) is 19.3 Å². The number of anilines is 1. The van der Waals surface area contributed by atoms with E-state index in [2.05, 4.69) is 10.6 Å². The minimum atomic E-state index is -0.982. The number of benzene rings is 2. The molecule has 0 spiro atoms. The second-order valence-corrected chi connectivity index (χ2v) is 13.5. The number of carbonyl (C=O) groups is 4. The van der Waals surface area contributed by atoms with E-state index in [4.69, 9.17) is 15.2 Å². The summed E-state index contributed by atoms with van der Waals surface area (Å²) in [4.78, 5) is 55.8. The SMILES string of the molecule is C[C@@H](C(=O)N[C@H](CN1Cc2ccc(CC(=O)CCN)cc2[C@H]1C(=O)Nc1c(F)cccc1F)C1CCOCC1)N(C)C(=O)OC(C)(C)C. The van der Waals surface area contributed by atoms with Crippen molar-refractivity contribution in [3.8, 4) is 0 Å². The van der Waals surface area contributed by atoms with Crippen molar-refractivity contribution in [1.82, 2.24) is 15.1 Å².